The molecule has 0 N–H and O–H groups in total. The van der Waals surface area contributed by atoms with E-state index in [1.807, 2.05) is 17.9 Å². The molecular formula is C14H21NO. The van der Waals surface area contributed by atoms with E-state index in [4.69, 9.17) is 0 Å². The maximum Gasteiger partial charge on any atom is 0.214 e. The Labute approximate surface area is 98.3 Å². The Hall–Kier alpha value is -1.31. The van der Waals surface area contributed by atoms with Crippen LogP contribution in [0.5, 0.6) is 0 Å². The van der Waals surface area contributed by atoms with Crippen LogP contribution in [0.1, 0.15) is 40.5 Å². The zero-order chi connectivity index (χ0) is 12.1. The monoisotopic (exact) mass is 219 g/mol. The molecule has 16 heavy (non-hydrogen) atoms. The molecule has 2 nitrogen and oxygen atoms in total. The van der Waals surface area contributed by atoms with Crippen molar-refractivity contribution in [1.29, 1.82) is 0 Å². The molecule has 0 atom stereocenters. The van der Waals surface area contributed by atoms with Gasteiger partial charge in [0.05, 0.1) is 0 Å². The van der Waals surface area contributed by atoms with E-state index >= 15 is 0 Å². The summed E-state index contributed by atoms with van der Waals surface area (Å²) in [6.07, 6.45) is 7.08. The lowest BCUT2D eigenvalue weighted by Gasteiger charge is -2.15. The Bertz CT molecular complexity index is 361. The summed E-state index contributed by atoms with van der Waals surface area (Å²) in [7, 11) is 0. The van der Waals surface area contributed by atoms with Crippen molar-refractivity contribution in [2.24, 2.45) is 0 Å². The predicted octanol–water partition coefficient (Wildman–Crippen LogP) is 3.43. The second-order valence-electron chi connectivity index (χ2n) is 4.19. The van der Waals surface area contributed by atoms with Crippen molar-refractivity contribution in [3.8, 4) is 0 Å². The highest BCUT2D eigenvalue weighted by Crippen LogP contribution is 2.32. The molecule has 0 spiro atoms. The number of carbonyl (C=O) groups is 1. The lowest BCUT2D eigenvalue weighted by molar-refractivity contribution is -0.115. The Balaban J connectivity index is 3.23. The average Bonchev–Trinajstić information content (AvgIpc) is 2.71. The molecule has 1 rings (SSSR count). The molecule has 1 saturated heterocycles. The first kappa shape index (κ1) is 12.8. The van der Waals surface area contributed by atoms with Crippen molar-refractivity contribution in [2.45, 2.75) is 40.5 Å². The van der Waals surface area contributed by atoms with Gasteiger partial charge in [0.1, 0.15) is 0 Å². The van der Waals surface area contributed by atoms with Gasteiger partial charge in [0.25, 0.3) is 0 Å². The van der Waals surface area contributed by atoms with E-state index in [0.717, 1.165) is 31.5 Å². The van der Waals surface area contributed by atoms with Crippen molar-refractivity contribution in [3.05, 3.63) is 34.6 Å². The van der Waals surface area contributed by atoms with Gasteiger partial charge in [-0.2, -0.15) is 0 Å². The summed E-state index contributed by atoms with van der Waals surface area (Å²) < 4.78 is 0. The molecule has 1 heterocycles. The number of nitrogens with zero attached hydrogens (tertiary/aromatic N) is 1. The third kappa shape index (κ3) is 2.43. The number of amides is 1. The molecule has 0 saturated carbocycles. The van der Waals surface area contributed by atoms with Crippen LogP contribution in [0.3, 0.4) is 0 Å². The van der Waals surface area contributed by atoms with E-state index in [2.05, 4.69) is 26.8 Å². The highest BCUT2D eigenvalue weighted by Gasteiger charge is 2.24. The van der Waals surface area contributed by atoms with Crippen molar-refractivity contribution in [2.75, 3.05) is 6.54 Å². The van der Waals surface area contributed by atoms with Gasteiger partial charge in [0, 0.05) is 12.2 Å². The van der Waals surface area contributed by atoms with Crippen LogP contribution in [0, 0.1) is 0 Å². The minimum absolute atomic E-state index is 0.820. The van der Waals surface area contributed by atoms with Crippen LogP contribution in [0.4, 0.5) is 0 Å². The summed E-state index contributed by atoms with van der Waals surface area (Å²) in [4.78, 5) is 12.8. The molecule has 0 aromatic heterocycles. The summed E-state index contributed by atoms with van der Waals surface area (Å²) in [5.41, 5.74) is 5.04. The van der Waals surface area contributed by atoms with E-state index in [1.54, 1.807) is 0 Å². The molecule has 1 aliphatic heterocycles. The van der Waals surface area contributed by atoms with Gasteiger partial charge in [-0.15, -0.1) is 0 Å². The molecule has 0 radical (unpaired) electrons. The topological polar surface area (TPSA) is 20.3 Å². The first-order valence-electron chi connectivity index (χ1n) is 5.90. The molecule has 0 bridgehead atoms. The maximum absolute atomic E-state index is 11.0. The lowest BCUT2D eigenvalue weighted by atomic mass is 10.0. The number of likely N-dealkylation sites (tertiary alicyclic amines) is 1. The highest BCUT2D eigenvalue weighted by molar-refractivity contribution is 5.59. The quantitative estimate of drug-likeness (QED) is 0.666. The summed E-state index contributed by atoms with van der Waals surface area (Å²) in [5, 5.41) is 0. The Morgan fingerprint density at radius 2 is 2.12 bits per heavy atom. The second kappa shape index (κ2) is 5.69. The first-order valence-corrected chi connectivity index (χ1v) is 5.90. The summed E-state index contributed by atoms with van der Waals surface area (Å²) in [6, 6.07) is 0. The number of allylic oxidation sites excluding steroid dienone is 5. The minimum atomic E-state index is 0.820. The molecule has 0 aliphatic carbocycles. The molecule has 2 heteroatoms. The van der Waals surface area contributed by atoms with E-state index in [0.29, 0.717) is 0 Å². The van der Waals surface area contributed by atoms with Crippen molar-refractivity contribution < 1.29 is 4.79 Å². The molecule has 0 aromatic rings. The molecule has 1 amide bonds. The van der Waals surface area contributed by atoms with Gasteiger partial charge in [-0.1, -0.05) is 19.1 Å². The fraction of sp³-hybridized carbons (Fsp3) is 0.500. The van der Waals surface area contributed by atoms with E-state index in [9.17, 15) is 4.79 Å². The predicted molar refractivity (Wildman–Crippen MR) is 67.9 cm³/mol. The minimum Gasteiger partial charge on any atom is -0.314 e. The summed E-state index contributed by atoms with van der Waals surface area (Å²) >= 11 is 0. The SMILES string of the molecule is C/C=C\C(C)=C1\CCN(C=O)C1=C(C)CC. The molecule has 1 aliphatic rings. The maximum atomic E-state index is 11.0. The zero-order valence-electron chi connectivity index (χ0n) is 10.7. The highest BCUT2D eigenvalue weighted by atomic mass is 16.1. The fourth-order valence-electron chi connectivity index (χ4n) is 2.15. The molecule has 88 valence electrons. The van der Waals surface area contributed by atoms with Crippen LogP contribution in [0.15, 0.2) is 34.6 Å². The van der Waals surface area contributed by atoms with Gasteiger partial charge in [-0.05, 0) is 50.3 Å². The van der Waals surface area contributed by atoms with E-state index in [-0.39, 0.29) is 0 Å². The Kier molecular flexibility index (Phi) is 4.53. The fourth-order valence-corrected chi connectivity index (χ4v) is 2.15. The largest absolute Gasteiger partial charge is 0.314 e. The normalized spacial score (nSPS) is 22.9. The second-order valence-corrected chi connectivity index (χ2v) is 4.19. The summed E-state index contributed by atoms with van der Waals surface area (Å²) in [6.45, 7) is 9.20. The van der Waals surface area contributed by atoms with Crippen LogP contribution in [0.2, 0.25) is 0 Å². The molecule has 0 aromatic carbocycles. The van der Waals surface area contributed by atoms with Crippen LogP contribution in [-0.2, 0) is 4.79 Å². The smallest absolute Gasteiger partial charge is 0.214 e. The Morgan fingerprint density at radius 3 is 2.62 bits per heavy atom. The van der Waals surface area contributed by atoms with Crippen molar-refractivity contribution in [3.63, 3.8) is 0 Å². The number of hydrogen-bond donors (Lipinski definition) is 0. The Morgan fingerprint density at radius 1 is 1.44 bits per heavy atom. The zero-order valence-corrected chi connectivity index (χ0v) is 10.7. The summed E-state index contributed by atoms with van der Waals surface area (Å²) in [5.74, 6) is 0. The third-order valence-electron chi connectivity index (χ3n) is 3.13. The lowest BCUT2D eigenvalue weighted by Crippen LogP contribution is -2.16. The van der Waals surface area contributed by atoms with E-state index < -0.39 is 0 Å². The molecular weight excluding hydrogens is 198 g/mol. The number of rotatable bonds is 3. The number of hydrogen-bond acceptors (Lipinski definition) is 1. The van der Waals surface area contributed by atoms with Gasteiger partial charge >= 0.3 is 0 Å². The van der Waals surface area contributed by atoms with Crippen molar-refractivity contribution in [1.82, 2.24) is 4.90 Å². The van der Waals surface area contributed by atoms with Crippen molar-refractivity contribution >= 4 is 6.41 Å². The standard InChI is InChI=1S/C14H21NO/c1-5-7-12(4)13-8-9-15(10-16)14(13)11(3)6-2/h5,7,10H,6,8-9H2,1-4H3/b7-5-,13-12-,14-11?. The molecule has 1 fully saturated rings. The van der Waals surface area contributed by atoms with E-state index in [1.165, 1.54) is 16.7 Å². The van der Waals surface area contributed by atoms with Gasteiger partial charge in [-0.3, -0.25) is 4.79 Å². The van der Waals surface area contributed by atoms with Gasteiger partial charge < -0.3 is 4.90 Å². The van der Waals surface area contributed by atoms with Crippen LogP contribution in [-0.4, -0.2) is 17.9 Å². The van der Waals surface area contributed by atoms with Crippen LogP contribution >= 0.6 is 0 Å². The van der Waals surface area contributed by atoms with Crippen LogP contribution in [0.25, 0.3) is 0 Å². The number of carbonyl (C=O) groups excluding carboxylic acids is 1. The van der Waals surface area contributed by atoms with Gasteiger partial charge in [0.15, 0.2) is 0 Å². The van der Waals surface area contributed by atoms with Gasteiger partial charge in [0.2, 0.25) is 6.41 Å². The first-order chi connectivity index (χ1) is 7.65. The van der Waals surface area contributed by atoms with Gasteiger partial charge in [-0.25, -0.2) is 0 Å². The van der Waals surface area contributed by atoms with Crippen LogP contribution < -0.4 is 0 Å². The molecule has 0 unspecified atom stereocenters. The average molecular weight is 219 g/mol. The third-order valence-corrected chi connectivity index (χ3v) is 3.13.